The van der Waals surface area contributed by atoms with Gasteiger partial charge in [0.25, 0.3) is 0 Å². The third-order valence-electron chi connectivity index (χ3n) is 4.13. The lowest BCUT2D eigenvalue weighted by atomic mass is 10.1. The molecule has 1 aromatic carbocycles. The van der Waals surface area contributed by atoms with Gasteiger partial charge in [0.05, 0.1) is 23.9 Å². The van der Waals surface area contributed by atoms with E-state index in [9.17, 15) is 4.79 Å². The van der Waals surface area contributed by atoms with Crippen molar-refractivity contribution in [2.75, 3.05) is 18.5 Å². The van der Waals surface area contributed by atoms with E-state index in [2.05, 4.69) is 10.5 Å². The van der Waals surface area contributed by atoms with E-state index in [4.69, 9.17) is 14.0 Å². The first-order chi connectivity index (χ1) is 11.6. The number of hydrogen-bond donors (Lipinski definition) is 1. The van der Waals surface area contributed by atoms with Crippen LogP contribution in [0, 0.1) is 13.8 Å². The number of carbonyl (C=O) groups excluding carboxylic acids is 1. The number of nitrogens with one attached hydrogen (secondary N) is 1. The fraction of sp³-hybridized carbons (Fsp3) is 0.444. The zero-order chi connectivity index (χ0) is 16.9. The maximum atomic E-state index is 12.3. The molecular weight excluding hydrogens is 308 g/mol. The zero-order valence-electron chi connectivity index (χ0n) is 14.0. The fourth-order valence-corrected chi connectivity index (χ4v) is 2.76. The highest BCUT2D eigenvalue weighted by Crippen LogP contribution is 2.25. The van der Waals surface area contributed by atoms with Crippen molar-refractivity contribution in [3.8, 4) is 5.75 Å². The molecule has 2 heterocycles. The second kappa shape index (κ2) is 7.49. The Morgan fingerprint density at radius 2 is 2.21 bits per heavy atom. The molecular formula is C18H22N2O4. The Morgan fingerprint density at radius 3 is 2.92 bits per heavy atom. The summed E-state index contributed by atoms with van der Waals surface area (Å²) in [5, 5.41) is 6.78. The Morgan fingerprint density at radius 1 is 1.38 bits per heavy atom. The van der Waals surface area contributed by atoms with Crippen LogP contribution in [0.5, 0.6) is 5.75 Å². The van der Waals surface area contributed by atoms with Crippen LogP contribution in [0.3, 0.4) is 0 Å². The van der Waals surface area contributed by atoms with Crippen molar-refractivity contribution in [2.24, 2.45) is 0 Å². The molecule has 1 atom stereocenters. The summed E-state index contributed by atoms with van der Waals surface area (Å²) >= 11 is 0. The Labute approximate surface area is 141 Å². The Bertz CT molecular complexity index is 685. The number of carbonyl (C=O) groups is 1. The summed E-state index contributed by atoms with van der Waals surface area (Å²) in [6, 6.07) is 7.43. The van der Waals surface area contributed by atoms with Crippen LogP contribution >= 0.6 is 0 Å². The van der Waals surface area contributed by atoms with Crippen molar-refractivity contribution in [3.05, 3.63) is 41.3 Å². The van der Waals surface area contributed by atoms with Crippen molar-refractivity contribution in [1.82, 2.24) is 5.16 Å². The molecule has 6 heteroatoms. The van der Waals surface area contributed by atoms with E-state index in [0.29, 0.717) is 23.8 Å². The average molecular weight is 330 g/mol. The number of amides is 1. The minimum absolute atomic E-state index is 0.127. The summed E-state index contributed by atoms with van der Waals surface area (Å²) in [7, 11) is 0. The van der Waals surface area contributed by atoms with Crippen molar-refractivity contribution in [1.29, 1.82) is 0 Å². The van der Waals surface area contributed by atoms with E-state index in [1.807, 2.05) is 31.2 Å². The summed E-state index contributed by atoms with van der Waals surface area (Å²) < 4.78 is 16.5. The molecule has 2 aromatic rings. The SMILES string of the molecule is Cc1noc(C)c1CC(=O)Nc1ccccc1OCC1CCCO1. The van der Waals surface area contributed by atoms with Crippen LogP contribution in [0.4, 0.5) is 5.69 Å². The lowest BCUT2D eigenvalue weighted by Gasteiger charge is -2.15. The van der Waals surface area contributed by atoms with Gasteiger partial charge in [-0.15, -0.1) is 0 Å². The molecule has 0 radical (unpaired) electrons. The van der Waals surface area contributed by atoms with E-state index < -0.39 is 0 Å². The van der Waals surface area contributed by atoms with Gasteiger partial charge in [0.15, 0.2) is 0 Å². The van der Waals surface area contributed by atoms with Crippen LogP contribution in [0.25, 0.3) is 0 Å². The molecule has 0 spiro atoms. The largest absolute Gasteiger partial charge is 0.489 e. The monoisotopic (exact) mass is 330 g/mol. The number of aryl methyl sites for hydroxylation is 2. The van der Waals surface area contributed by atoms with Gasteiger partial charge in [-0.25, -0.2) is 0 Å². The summed E-state index contributed by atoms with van der Waals surface area (Å²) in [4.78, 5) is 12.3. The number of para-hydroxylation sites is 2. The number of aromatic nitrogens is 1. The average Bonchev–Trinajstić information content (AvgIpc) is 3.19. The smallest absolute Gasteiger partial charge is 0.229 e. The van der Waals surface area contributed by atoms with E-state index in [0.717, 1.165) is 30.7 Å². The molecule has 0 saturated carbocycles. The first kappa shape index (κ1) is 16.5. The van der Waals surface area contributed by atoms with Crippen molar-refractivity contribution < 1.29 is 18.8 Å². The Balaban J connectivity index is 1.62. The summed E-state index contributed by atoms with van der Waals surface area (Å²) in [6.45, 7) is 4.93. The van der Waals surface area contributed by atoms with E-state index in [-0.39, 0.29) is 18.4 Å². The molecule has 24 heavy (non-hydrogen) atoms. The zero-order valence-corrected chi connectivity index (χ0v) is 14.0. The van der Waals surface area contributed by atoms with Gasteiger partial charge >= 0.3 is 0 Å². The molecule has 3 rings (SSSR count). The summed E-state index contributed by atoms with van der Waals surface area (Å²) in [5.74, 6) is 1.20. The number of rotatable bonds is 6. The van der Waals surface area contributed by atoms with Gasteiger partial charge in [-0.1, -0.05) is 17.3 Å². The Hall–Kier alpha value is -2.34. The molecule has 1 aliphatic rings. The molecule has 6 nitrogen and oxygen atoms in total. The third kappa shape index (κ3) is 3.94. The van der Waals surface area contributed by atoms with Crippen molar-refractivity contribution >= 4 is 11.6 Å². The van der Waals surface area contributed by atoms with Crippen LogP contribution in [0.2, 0.25) is 0 Å². The quantitative estimate of drug-likeness (QED) is 0.881. The number of hydrogen-bond acceptors (Lipinski definition) is 5. The fourth-order valence-electron chi connectivity index (χ4n) is 2.76. The highest BCUT2D eigenvalue weighted by Gasteiger charge is 2.18. The first-order valence-corrected chi connectivity index (χ1v) is 8.18. The van der Waals surface area contributed by atoms with E-state index >= 15 is 0 Å². The minimum Gasteiger partial charge on any atom is -0.489 e. The van der Waals surface area contributed by atoms with Crippen molar-refractivity contribution in [2.45, 2.75) is 39.2 Å². The van der Waals surface area contributed by atoms with Crippen molar-refractivity contribution in [3.63, 3.8) is 0 Å². The number of benzene rings is 1. The van der Waals surface area contributed by atoms with Crippen LogP contribution in [0.1, 0.15) is 29.9 Å². The predicted molar refractivity (Wildman–Crippen MR) is 89.2 cm³/mol. The number of anilines is 1. The standard InChI is InChI=1S/C18H22N2O4/c1-12-15(13(2)24-20-12)10-18(21)19-16-7-3-4-8-17(16)23-11-14-6-5-9-22-14/h3-4,7-8,14H,5-6,9-11H2,1-2H3,(H,19,21). The van der Waals surface area contributed by atoms with Crippen LogP contribution in [0.15, 0.2) is 28.8 Å². The molecule has 1 amide bonds. The minimum atomic E-state index is -0.127. The summed E-state index contributed by atoms with van der Waals surface area (Å²) in [6.07, 6.45) is 2.45. The first-order valence-electron chi connectivity index (χ1n) is 8.18. The number of nitrogens with zero attached hydrogens (tertiary/aromatic N) is 1. The molecule has 1 unspecified atom stereocenters. The lowest BCUT2D eigenvalue weighted by molar-refractivity contribution is -0.115. The van der Waals surface area contributed by atoms with Crippen LogP contribution in [-0.4, -0.2) is 30.4 Å². The molecule has 1 aromatic heterocycles. The van der Waals surface area contributed by atoms with Gasteiger partial charge < -0.3 is 19.3 Å². The number of ether oxygens (including phenoxy) is 2. The molecule has 1 aliphatic heterocycles. The molecule has 1 N–H and O–H groups in total. The van der Waals surface area contributed by atoms with Crippen LogP contribution in [-0.2, 0) is 16.0 Å². The van der Waals surface area contributed by atoms with Gasteiger partial charge in [-0.2, -0.15) is 0 Å². The highest BCUT2D eigenvalue weighted by molar-refractivity contribution is 5.93. The van der Waals surface area contributed by atoms with Gasteiger partial charge in [0.2, 0.25) is 5.91 Å². The predicted octanol–water partition coefficient (Wildman–Crippen LogP) is 3.03. The van der Waals surface area contributed by atoms with Gasteiger partial charge in [0.1, 0.15) is 18.1 Å². The van der Waals surface area contributed by atoms with Gasteiger partial charge in [0, 0.05) is 12.2 Å². The molecule has 1 saturated heterocycles. The van der Waals surface area contributed by atoms with Crippen LogP contribution < -0.4 is 10.1 Å². The highest BCUT2D eigenvalue weighted by atomic mass is 16.5. The second-order valence-corrected chi connectivity index (χ2v) is 5.97. The molecule has 128 valence electrons. The topological polar surface area (TPSA) is 73.6 Å². The third-order valence-corrected chi connectivity index (χ3v) is 4.13. The maximum absolute atomic E-state index is 12.3. The normalized spacial score (nSPS) is 17.0. The van der Waals surface area contributed by atoms with Gasteiger partial charge in [-0.3, -0.25) is 4.79 Å². The summed E-state index contributed by atoms with van der Waals surface area (Å²) in [5.41, 5.74) is 2.23. The second-order valence-electron chi connectivity index (χ2n) is 5.97. The van der Waals surface area contributed by atoms with E-state index in [1.54, 1.807) is 6.92 Å². The van der Waals surface area contributed by atoms with Gasteiger partial charge in [-0.05, 0) is 38.8 Å². The maximum Gasteiger partial charge on any atom is 0.229 e. The molecule has 0 aliphatic carbocycles. The van der Waals surface area contributed by atoms with E-state index in [1.165, 1.54) is 0 Å². The molecule has 1 fully saturated rings. The lowest BCUT2D eigenvalue weighted by Crippen LogP contribution is -2.19. The molecule has 0 bridgehead atoms. The Kier molecular flexibility index (Phi) is 5.15.